The first-order valence-corrected chi connectivity index (χ1v) is 8.04. The van der Waals surface area contributed by atoms with Gasteiger partial charge in [0.2, 0.25) is 0 Å². The molecule has 1 aromatic rings. The highest BCUT2D eigenvalue weighted by Gasteiger charge is 2.22. The lowest BCUT2D eigenvalue weighted by Crippen LogP contribution is -2.12. The van der Waals surface area contributed by atoms with E-state index in [9.17, 15) is 0 Å². The minimum Gasteiger partial charge on any atom is -0.490 e. The van der Waals surface area contributed by atoms with E-state index in [4.69, 9.17) is 4.74 Å². The molecule has 1 nitrogen and oxygen atoms in total. The van der Waals surface area contributed by atoms with Crippen molar-refractivity contribution in [2.24, 2.45) is 0 Å². The Hall–Kier alpha value is -0.500. The molecule has 1 aliphatic heterocycles. The van der Waals surface area contributed by atoms with E-state index in [1.165, 1.54) is 50.5 Å². The largest absolute Gasteiger partial charge is 0.490 e. The van der Waals surface area contributed by atoms with Crippen molar-refractivity contribution in [3.05, 3.63) is 28.2 Å². The van der Waals surface area contributed by atoms with Gasteiger partial charge in [0.1, 0.15) is 11.9 Å². The SMILES string of the molecule is CCCCCCCCC1Cc2cc(Br)ccc2O1. The van der Waals surface area contributed by atoms with Gasteiger partial charge in [0, 0.05) is 10.9 Å². The summed E-state index contributed by atoms with van der Waals surface area (Å²) in [5.74, 6) is 1.09. The zero-order valence-electron chi connectivity index (χ0n) is 11.3. The second-order valence-corrected chi connectivity index (χ2v) is 6.17. The van der Waals surface area contributed by atoms with E-state index in [2.05, 4.69) is 41.1 Å². The molecule has 0 saturated heterocycles. The molecule has 0 fully saturated rings. The Bertz CT molecular complexity index is 375. The summed E-state index contributed by atoms with van der Waals surface area (Å²) in [6.07, 6.45) is 10.9. The summed E-state index contributed by atoms with van der Waals surface area (Å²) in [5, 5.41) is 0. The van der Waals surface area contributed by atoms with Crippen LogP contribution in [0.5, 0.6) is 5.75 Å². The maximum absolute atomic E-state index is 5.97. The predicted molar refractivity (Wildman–Crippen MR) is 80.3 cm³/mol. The van der Waals surface area contributed by atoms with Crippen LogP contribution < -0.4 is 4.74 Å². The first kappa shape index (κ1) is 13.9. The standard InChI is InChI=1S/C16H23BrO/c1-2-3-4-5-6-7-8-15-12-13-11-14(17)9-10-16(13)18-15/h9-11,15H,2-8,12H2,1H3. The number of benzene rings is 1. The zero-order valence-corrected chi connectivity index (χ0v) is 12.8. The monoisotopic (exact) mass is 310 g/mol. The van der Waals surface area contributed by atoms with Crippen molar-refractivity contribution in [1.82, 2.24) is 0 Å². The fraction of sp³-hybridized carbons (Fsp3) is 0.625. The van der Waals surface area contributed by atoms with E-state index in [1.54, 1.807) is 0 Å². The molecule has 1 aliphatic rings. The third-order valence-corrected chi connectivity index (χ3v) is 4.14. The summed E-state index contributed by atoms with van der Waals surface area (Å²) in [6, 6.07) is 6.34. The van der Waals surface area contributed by atoms with Crippen LogP contribution in [0, 0.1) is 0 Å². The average molecular weight is 311 g/mol. The van der Waals surface area contributed by atoms with Gasteiger partial charge < -0.3 is 4.74 Å². The minimum absolute atomic E-state index is 0.417. The van der Waals surface area contributed by atoms with Crippen molar-refractivity contribution in [2.75, 3.05) is 0 Å². The highest BCUT2D eigenvalue weighted by atomic mass is 79.9. The second-order valence-electron chi connectivity index (χ2n) is 5.25. The summed E-state index contributed by atoms with van der Waals surface area (Å²) >= 11 is 3.52. The van der Waals surface area contributed by atoms with Gasteiger partial charge in [0.25, 0.3) is 0 Å². The van der Waals surface area contributed by atoms with E-state index in [0.29, 0.717) is 6.10 Å². The number of hydrogen-bond donors (Lipinski definition) is 0. The third kappa shape index (κ3) is 4.01. The smallest absolute Gasteiger partial charge is 0.123 e. The lowest BCUT2D eigenvalue weighted by atomic mass is 10.0. The highest BCUT2D eigenvalue weighted by molar-refractivity contribution is 9.10. The predicted octanol–water partition coefficient (Wildman–Crippen LogP) is 5.50. The summed E-state index contributed by atoms with van der Waals surface area (Å²) in [5.41, 5.74) is 1.36. The molecule has 0 saturated carbocycles. The molecule has 100 valence electrons. The van der Waals surface area contributed by atoms with Crippen LogP contribution in [-0.4, -0.2) is 6.10 Å². The summed E-state index contributed by atoms with van der Waals surface area (Å²) in [4.78, 5) is 0. The van der Waals surface area contributed by atoms with Crippen LogP contribution in [0.2, 0.25) is 0 Å². The molecule has 2 heteroatoms. The van der Waals surface area contributed by atoms with Gasteiger partial charge in [-0.1, -0.05) is 55.0 Å². The first-order valence-electron chi connectivity index (χ1n) is 7.24. The van der Waals surface area contributed by atoms with E-state index >= 15 is 0 Å². The van der Waals surface area contributed by atoms with Crippen LogP contribution >= 0.6 is 15.9 Å². The zero-order chi connectivity index (χ0) is 12.8. The van der Waals surface area contributed by atoms with Crippen LogP contribution in [-0.2, 0) is 6.42 Å². The van der Waals surface area contributed by atoms with Gasteiger partial charge in [0.05, 0.1) is 0 Å². The van der Waals surface area contributed by atoms with Gasteiger partial charge in [-0.15, -0.1) is 0 Å². The molecule has 0 amide bonds. The molecule has 1 atom stereocenters. The Labute approximate surface area is 119 Å². The fourth-order valence-electron chi connectivity index (χ4n) is 2.60. The summed E-state index contributed by atoms with van der Waals surface area (Å²) < 4.78 is 7.13. The van der Waals surface area contributed by atoms with Gasteiger partial charge in [-0.2, -0.15) is 0 Å². The molecule has 1 aromatic carbocycles. The van der Waals surface area contributed by atoms with Crippen molar-refractivity contribution in [2.45, 2.75) is 64.4 Å². The Morgan fingerprint density at radius 2 is 1.94 bits per heavy atom. The summed E-state index contributed by atoms with van der Waals surface area (Å²) in [7, 11) is 0. The van der Waals surface area contributed by atoms with E-state index in [-0.39, 0.29) is 0 Å². The van der Waals surface area contributed by atoms with Crippen LogP contribution in [0.15, 0.2) is 22.7 Å². The van der Waals surface area contributed by atoms with Crippen molar-refractivity contribution in [1.29, 1.82) is 0 Å². The lowest BCUT2D eigenvalue weighted by Gasteiger charge is -2.10. The molecule has 2 rings (SSSR count). The number of fused-ring (bicyclic) bond motifs is 1. The maximum atomic E-state index is 5.97. The van der Waals surface area contributed by atoms with Crippen molar-refractivity contribution < 1.29 is 4.74 Å². The van der Waals surface area contributed by atoms with Crippen LogP contribution in [0.1, 0.15) is 57.4 Å². The number of ether oxygens (including phenoxy) is 1. The average Bonchev–Trinajstić information content (AvgIpc) is 2.75. The molecule has 1 unspecified atom stereocenters. The van der Waals surface area contributed by atoms with Gasteiger partial charge in [-0.3, -0.25) is 0 Å². The molecule has 0 aromatic heterocycles. The molecular weight excluding hydrogens is 288 g/mol. The molecule has 1 heterocycles. The molecule has 0 aliphatic carbocycles. The number of halogens is 1. The van der Waals surface area contributed by atoms with Gasteiger partial charge in [-0.05, 0) is 36.6 Å². The molecule has 18 heavy (non-hydrogen) atoms. The van der Waals surface area contributed by atoms with Gasteiger partial charge in [0.15, 0.2) is 0 Å². The van der Waals surface area contributed by atoms with Crippen LogP contribution in [0.25, 0.3) is 0 Å². The second kappa shape index (κ2) is 7.18. The van der Waals surface area contributed by atoms with Gasteiger partial charge >= 0.3 is 0 Å². The van der Waals surface area contributed by atoms with E-state index in [1.807, 2.05) is 0 Å². The Morgan fingerprint density at radius 1 is 1.17 bits per heavy atom. The number of hydrogen-bond acceptors (Lipinski definition) is 1. The topological polar surface area (TPSA) is 9.23 Å². The normalized spacial score (nSPS) is 17.6. The third-order valence-electron chi connectivity index (χ3n) is 3.64. The molecule has 0 N–H and O–H groups in total. The fourth-order valence-corrected chi connectivity index (χ4v) is 3.01. The highest BCUT2D eigenvalue weighted by Crippen LogP contribution is 2.32. The minimum atomic E-state index is 0.417. The van der Waals surface area contributed by atoms with Gasteiger partial charge in [-0.25, -0.2) is 0 Å². The maximum Gasteiger partial charge on any atom is 0.123 e. The summed E-state index contributed by atoms with van der Waals surface area (Å²) in [6.45, 7) is 2.27. The van der Waals surface area contributed by atoms with Crippen LogP contribution in [0.4, 0.5) is 0 Å². The molecular formula is C16H23BrO. The number of rotatable bonds is 7. The quantitative estimate of drug-likeness (QED) is 0.604. The molecule has 0 bridgehead atoms. The lowest BCUT2D eigenvalue weighted by molar-refractivity contribution is 0.216. The van der Waals surface area contributed by atoms with Crippen molar-refractivity contribution >= 4 is 15.9 Å². The van der Waals surface area contributed by atoms with Crippen LogP contribution in [0.3, 0.4) is 0 Å². The Kier molecular flexibility index (Phi) is 5.55. The van der Waals surface area contributed by atoms with E-state index < -0.39 is 0 Å². The Balaban J connectivity index is 1.65. The molecule has 0 radical (unpaired) electrons. The molecule has 0 spiro atoms. The van der Waals surface area contributed by atoms with E-state index in [0.717, 1.165) is 16.6 Å². The number of unbranched alkanes of at least 4 members (excludes halogenated alkanes) is 5. The Morgan fingerprint density at radius 3 is 2.78 bits per heavy atom. The van der Waals surface area contributed by atoms with Crippen molar-refractivity contribution in [3.63, 3.8) is 0 Å². The van der Waals surface area contributed by atoms with Crippen molar-refractivity contribution in [3.8, 4) is 5.75 Å². The first-order chi connectivity index (χ1) is 8.79.